The van der Waals surface area contributed by atoms with E-state index in [0.717, 1.165) is 19.3 Å². The van der Waals surface area contributed by atoms with Gasteiger partial charge in [0.15, 0.2) is 0 Å². The molecule has 0 radical (unpaired) electrons. The number of aliphatic carboxylic acids is 1. The van der Waals surface area contributed by atoms with Crippen molar-refractivity contribution < 1.29 is 9.90 Å². The molecule has 3 heteroatoms. The Labute approximate surface area is 122 Å². The van der Waals surface area contributed by atoms with Crippen LogP contribution < -0.4 is 5.73 Å². The number of carbonyl (C=O) groups is 1. The predicted molar refractivity (Wildman–Crippen MR) is 82.9 cm³/mol. The van der Waals surface area contributed by atoms with Gasteiger partial charge in [-0.2, -0.15) is 0 Å². The molecule has 1 rings (SSSR count). The van der Waals surface area contributed by atoms with E-state index in [9.17, 15) is 4.79 Å². The number of nitrogens with two attached hydrogens (primary N) is 1. The Balaban J connectivity index is 2.61. The van der Waals surface area contributed by atoms with Crippen molar-refractivity contribution in [2.75, 3.05) is 0 Å². The average molecular weight is 277 g/mol. The molecule has 3 nitrogen and oxygen atoms in total. The predicted octanol–water partition coefficient (Wildman–Crippen LogP) is 3.45. The quantitative estimate of drug-likeness (QED) is 0.802. The number of hydrogen-bond donors (Lipinski definition) is 2. The lowest BCUT2D eigenvalue weighted by Gasteiger charge is -2.25. The summed E-state index contributed by atoms with van der Waals surface area (Å²) in [4.78, 5) is 11.1. The molecule has 0 aliphatic carbocycles. The molecule has 0 saturated heterocycles. The van der Waals surface area contributed by atoms with Crippen LogP contribution in [0.5, 0.6) is 0 Å². The number of carboxylic acid groups (broad SMARTS) is 1. The number of aryl methyl sites for hydroxylation is 3. The minimum absolute atomic E-state index is 0.350. The molecule has 0 aliphatic rings. The topological polar surface area (TPSA) is 63.3 Å². The highest BCUT2D eigenvalue weighted by atomic mass is 16.4. The van der Waals surface area contributed by atoms with Gasteiger partial charge in [0.2, 0.25) is 0 Å². The molecule has 0 fully saturated rings. The first kappa shape index (κ1) is 16.7. The van der Waals surface area contributed by atoms with E-state index >= 15 is 0 Å². The van der Waals surface area contributed by atoms with E-state index in [2.05, 4.69) is 39.0 Å². The Morgan fingerprint density at radius 3 is 2.50 bits per heavy atom. The zero-order chi connectivity index (χ0) is 15.3. The Bertz CT molecular complexity index is 466. The summed E-state index contributed by atoms with van der Waals surface area (Å²) in [6.45, 7) is 7.94. The van der Waals surface area contributed by atoms with Crippen molar-refractivity contribution in [2.45, 2.75) is 58.9 Å². The maximum Gasteiger partial charge on any atom is 0.323 e. The second kappa shape index (κ2) is 6.89. The maximum atomic E-state index is 11.1. The van der Waals surface area contributed by atoms with Crippen LogP contribution in [0.25, 0.3) is 0 Å². The second-order valence-corrected chi connectivity index (χ2v) is 6.16. The first-order valence-electron chi connectivity index (χ1n) is 7.34. The molecule has 0 heterocycles. The summed E-state index contributed by atoms with van der Waals surface area (Å²) in [6.07, 6.45) is 3.46. The Morgan fingerprint density at radius 2 is 2.00 bits per heavy atom. The van der Waals surface area contributed by atoms with Crippen molar-refractivity contribution in [1.82, 2.24) is 0 Å². The van der Waals surface area contributed by atoms with Gasteiger partial charge < -0.3 is 10.8 Å². The Morgan fingerprint density at radius 1 is 1.35 bits per heavy atom. The fourth-order valence-corrected chi connectivity index (χ4v) is 2.47. The van der Waals surface area contributed by atoms with Crippen molar-refractivity contribution >= 4 is 5.97 Å². The third kappa shape index (κ3) is 4.64. The van der Waals surface area contributed by atoms with Crippen LogP contribution in [0, 0.1) is 19.8 Å². The highest BCUT2D eigenvalue weighted by molar-refractivity contribution is 5.77. The van der Waals surface area contributed by atoms with Gasteiger partial charge in [-0.05, 0) is 62.6 Å². The van der Waals surface area contributed by atoms with Crippen molar-refractivity contribution in [3.05, 3.63) is 34.9 Å². The van der Waals surface area contributed by atoms with Crippen molar-refractivity contribution in [3.63, 3.8) is 0 Å². The Kier molecular flexibility index (Phi) is 5.75. The lowest BCUT2D eigenvalue weighted by atomic mass is 9.84. The fraction of sp³-hybridized carbons (Fsp3) is 0.588. The molecule has 0 bridgehead atoms. The smallest absolute Gasteiger partial charge is 0.323 e. The molecule has 3 N–H and O–H groups in total. The van der Waals surface area contributed by atoms with Gasteiger partial charge in [0.1, 0.15) is 5.54 Å². The van der Waals surface area contributed by atoms with E-state index < -0.39 is 11.5 Å². The molecule has 2 unspecified atom stereocenters. The van der Waals surface area contributed by atoms with Gasteiger partial charge >= 0.3 is 5.97 Å². The highest BCUT2D eigenvalue weighted by Gasteiger charge is 2.30. The molecular formula is C17H27NO2. The van der Waals surface area contributed by atoms with E-state index in [1.165, 1.54) is 16.7 Å². The summed E-state index contributed by atoms with van der Waals surface area (Å²) in [5, 5.41) is 9.11. The second-order valence-electron chi connectivity index (χ2n) is 6.16. The number of benzene rings is 1. The van der Waals surface area contributed by atoms with Crippen LogP contribution in [0.4, 0.5) is 0 Å². The lowest BCUT2D eigenvalue weighted by Crippen LogP contribution is -2.46. The standard InChI is InChI=1S/C17H27NO2/c1-5-14(11-17(4,18)16(19)20)8-9-15-7-6-12(2)13(3)10-15/h6-7,10,14H,5,8-9,11,18H2,1-4H3,(H,19,20). The lowest BCUT2D eigenvalue weighted by molar-refractivity contribution is -0.143. The van der Waals surface area contributed by atoms with Crippen molar-refractivity contribution in [2.24, 2.45) is 11.7 Å². The average Bonchev–Trinajstić information content (AvgIpc) is 2.38. The molecule has 2 atom stereocenters. The molecule has 0 amide bonds. The van der Waals surface area contributed by atoms with Gasteiger partial charge in [-0.3, -0.25) is 4.79 Å². The first-order valence-corrected chi connectivity index (χ1v) is 7.34. The van der Waals surface area contributed by atoms with Gasteiger partial charge in [-0.1, -0.05) is 31.5 Å². The van der Waals surface area contributed by atoms with Gasteiger partial charge in [0.25, 0.3) is 0 Å². The van der Waals surface area contributed by atoms with Crippen LogP contribution in [0.3, 0.4) is 0 Å². The molecule has 0 aliphatic heterocycles. The number of hydrogen-bond acceptors (Lipinski definition) is 2. The third-order valence-corrected chi connectivity index (χ3v) is 4.19. The maximum absolute atomic E-state index is 11.1. The summed E-state index contributed by atoms with van der Waals surface area (Å²) in [5.41, 5.74) is 8.66. The van der Waals surface area contributed by atoms with Crippen LogP contribution in [0.15, 0.2) is 18.2 Å². The molecule has 0 aromatic heterocycles. The molecular weight excluding hydrogens is 250 g/mol. The van der Waals surface area contributed by atoms with E-state index in [4.69, 9.17) is 10.8 Å². The van der Waals surface area contributed by atoms with Gasteiger partial charge in [-0.25, -0.2) is 0 Å². The molecule has 0 spiro atoms. The van der Waals surface area contributed by atoms with Crippen LogP contribution >= 0.6 is 0 Å². The molecule has 1 aromatic carbocycles. The van der Waals surface area contributed by atoms with Crippen LogP contribution in [0.1, 0.15) is 49.8 Å². The fourth-order valence-electron chi connectivity index (χ4n) is 2.47. The highest BCUT2D eigenvalue weighted by Crippen LogP contribution is 2.23. The summed E-state index contributed by atoms with van der Waals surface area (Å²) in [7, 11) is 0. The first-order chi connectivity index (χ1) is 9.26. The summed E-state index contributed by atoms with van der Waals surface area (Å²) in [5.74, 6) is -0.565. The van der Waals surface area contributed by atoms with Crippen LogP contribution in [-0.2, 0) is 11.2 Å². The largest absolute Gasteiger partial charge is 0.480 e. The van der Waals surface area contributed by atoms with Crippen molar-refractivity contribution in [3.8, 4) is 0 Å². The minimum atomic E-state index is -1.12. The SMILES string of the molecule is CCC(CCc1ccc(C)c(C)c1)CC(C)(N)C(=O)O. The van der Waals surface area contributed by atoms with E-state index in [0.29, 0.717) is 12.3 Å². The van der Waals surface area contributed by atoms with Gasteiger partial charge in [-0.15, -0.1) is 0 Å². The normalized spacial score (nSPS) is 15.7. The van der Waals surface area contributed by atoms with Crippen LogP contribution in [-0.4, -0.2) is 16.6 Å². The zero-order valence-corrected chi connectivity index (χ0v) is 13.1. The third-order valence-electron chi connectivity index (χ3n) is 4.19. The summed E-state index contributed by atoms with van der Waals surface area (Å²) >= 11 is 0. The van der Waals surface area contributed by atoms with Gasteiger partial charge in [0.05, 0.1) is 0 Å². The van der Waals surface area contributed by atoms with Gasteiger partial charge in [0, 0.05) is 0 Å². The molecule has 0 saturated carbocycles. The van der Waals surface area contributed by atoms with E-state index in [1.54, 1.807) is 6.92 Å². The zero-order valence-electron chi connectivity index (χ0n) is 13.1. The van der Waals surface area contributed by atoms with Crippen LogP contribution in [0.2, 0.25) is 0 Å². The number of carboxylic acids is 1. The van der Waals surface area contributed by atoms with E-state index in [-0.39, 0.29) is 0 Å². The van der Waals surface area contributed by atoms with E-state index in [1.807, 2.05) is 0 Å². The molecule has 112 valence electrons. The summed E-state index contributed by atoms with van der Waals surface area (Å²) < 4.78 is 0. The summed E-state index contributed by atoms with van der Waals surface area (Å²) in [6, 6.07) is 6.53. The minimum Gasteiger partial charge on any atom is -0.480 e. The Hall–Kier alpha value is -1.35. The monoisotopic (exact) mass is 277 g/mol. The number of rotatable bonds is 7. The molecule has 1 aromatic rings. The van der Waals surface area contributed by atoms with Crippen molar-refractivity contribution in [1.29, 1.82) is 0 Å². The molecule has 20 heavy (non-hydrogen) atoms.